The predicted octanol–water partition coefficient (Wildman–Crippen LogP) is 5.83. The van der Waals surface area contributed by atoms with E-state index in [1.165, 1.54) is 58.4 Å². The third-order valence-corrected chi connectivity index (χ3v) is 9.93. The fourth-order valence-corrected chi connectivity index (χ4v) is 8.02. The van der Waals surface area contributed by atoms with Crippen LogP contribution in [0.1, 0.15) is 72.1 Å². The molecule has 5 heteroatoms. The average molecular weight is 465 g/mol. The minimum Gasteiger partial charge on any atom is -0.383 e. The summed E-state index contributed by atoms with van der Waals surface area (Å²) in [5.41, 5.74) is 9.70. The second-order valence-electron chi connectivity index (χ2n) is 10.3. The molecule has 3 saturated carbocycles. The average Bonchev–Trinajstić information content (AvgIpc) is 3.41. The van der Waals surface area contributed by atoms with Crippen LogP contribution in [0.15, 0.2) is 22.8 Å². The van der Waals surface area contributed by atoms with E-state index in [-0.39, 0.29) is 0 Å². The predicted molar refractivity (Wildman–Crippen MR) is 138 cm³/mol. The number of fused-ring (bicyclic) bond motifs is 1. The Hall–Kier alpha value is -0.330. The largest absolute Gasteiger partial charge is 0.383 e. The van der Waals surface area contributed by atoms with E-state index in [1.807, 2.05) is 14.2 Å². The van der Waals surface area contributed by atoms with Crippen molar-refractivity contribution in [3.63, 3.8) is 0 Å². The maximum atomic E-state index is 5.66. The molecule has 7 atom stereocenters. The summed E-state index contributed by atoms with van der Waals surface area (Å²) in [6.45, 7) is 9.12. The zero-order valence-corrected chi connectivity index (χ0v) is 22.3. The summed E-state index contributed by atoms with van der Waals surface area (Å²) in [4.78, 5) is 0. The topological polar surface area (TPSA) is 47.7 Å². The first kappa shape index (κ1) is 26.3. The Kier molecular flexibility index (Phi) is 10.2. The number of allylic oxidation sites excluding steroid dienone is 4. The van der Waals surface area contributed by atoms with Crippen molar-refractivity contribution in [1.82, 2.24) is 4.31 Å². The number of methoxy groups -OCH3 is 2. The molecule has 0 heterocycles. The Morgan fingerprint density at radius 3 is 2.47 bits per heavy atom. The Labute approximate surface area is 201 Å². The maximum absolute atomic E-state index is 5.66. The van der Waals surface area contributed by atoms with Gasteiger partial charge in [-0.3, -0.25) is 0 Å². The van der Waals surface area contributed by atoms with Crippen LogP contribution in [0.2, 0.25) is 0 Å². The SMILES string of the molecule is CCCC1=C2C(=C1)C2C1CCC(SN(CCOC)C2CCC(OC)CC2C)C(C)C1.CN. The number of hydrogen-bond acceptors (Lipinski definition) is 5. The van der Waals surface area contributed by atoms with E-state index in [0.717, 1.165) is 36.2 Å². The van der Waals surface area contributed by atoms with Crippen LogP contribution in [-0.4, -0.2) is 56.1 Å². The molecule has 0 radical (unpaired) electrons. The molecular formula is C27H48N2O2S. The van der Waals surface area contributed by atoms with E-state index in [9.17, 15) is 0 Å². The first-order chi connectivity index (χ1) is 15.6. The lowest BCUT2D eigenvalue weighted by Gasteiger charge is -2.43. The van der Waals surface area contributed by atoms with Crippen molar-refractivity contribution in [2.24, 2.45) is 29.4 Å². The van der Waals surface area contributed by atoms with E-state index >= 15 is 0 Å². The number of nitrogens with two attached hydrogens (primary N) is 1. The zero-order valence-electron chi connectivity index (χ0n) is 21.4. The summed E-state index contributed by atoms with van der Waals surface area (Å²) in [6.07, 6.45) is 13.4. The lowest BCUT2D eigenvalue weighted by atomic mass is 9.79. The van der Waals surface area contributed by atoms with Gasteiger partial charge in [0.25, 0.3) is 0 Å². The van der Waals surface area contributed by atoms with Crippen molar-refractivity contribution in [3.05, 3.63) is 22.8 Å². The molecule has 4 aliphatic carbocycles. The van der Waals surface area contributed by atoms with Crippen LogP contribution >= 0.6 is 11.9 Å². The second-order valence-corrected chi connectivity index (χ2v) is 11.6. The molecule has 2 N–H and O–H groups in total. The van der Waals surface area contributed by atoms with Crippen molar-refractivity contribution in [1.29, 1.82) is 0 Å². The van der Waals surface area contributed by atoms with Gasteiger partial charge in [0.15, 0.2) is 0 Å². The van der Waals surface area contributed by atoms with Crippen LogP contribution in [0.3, 0.4) is 0 Å². The summed E-state index contributed by atoms with van der Waals surface area (Å²) in [7, 11) is 5.21. The highest BCUT2D eigenvalue weighted by atomic mass is 32.2. The standard InChI is InChI=1S/C26H43NO2S.CH5N/c1-6-7-19-16-22-25(19)26(22)20-8-11-24(18(3)14-20)30-27(12-13-28-4)23-10-9-21(29-5)15-17(23)2;1-2/h16-18,20-21,23-24,26H,6-15H2,1-5H3;2H2,1H3. The Bertz CT molecular complexity index is 664. The third-order valence-electron chi connectivity index (χ3n) is 8.24. The van der Waals surface area contributed by atoms with Crippen LogP contribution in [0.4, 0.5) is 0 Å². The fourth-order valence-electron chi connectivity index (χ4n) is 6.46. The van der Waals surface area contributed by atoms with Crippen LogP contribution in [0, 0.1) is 23.7 Å². The number of rotatable bonds is 10. The van der Waals surface area contributed by atoms with Crippen LogP contribution in [0.25, 0.3) is 0 Å². The Morgan fingerprint density at radius 1 is 1.06 bits per heavy atom. The van der Waals surface area contributed by atoms with Gasteiger partial charge in [-0.15, -0.1) is 0 Å². The maximum Gasteiger partial charge on any atom is 0.0599 e. The molecule has 7 unspecified atom stereocenters. The molecule has 0 saturated heterocycles. The molecule has 3 fully saturated rings. The highest BCUT2D eigenvalue weighted by Gasteiger charge is 2.50. The highest BCUT2D eigenvalue weighted by molar-refractivity contribution is 7.97. The van der Waals surface area contributed by atoms with Gasteiger partial charge in [-0.2, -0.15) is 0 Å². The van der Waals surface area contributed by atoms with Gasteiger partial charge in [0.1, 0.15) is 0 Å². The Morgan fingerprint density at radius 2 is 1.84 bits per heavy atom. The highest BCUT2D eigenvalue weighted by Crippen LogP contribution is 2.62. The fraction of sp³-hybridized carbons (Fsp3) is 0.852. The number of nitrogens with zero attached hydrogens (tertiary/aromatic N) is 1. The van der Waals surface area contributed by atoms with Crippen molar-refractivity contribution >= 4 is 11.9 Å². The minimum atomic E-state index is 0.454. The van der Waals surface area contributed by atoms with Gasteiger partial charge in [-0.1, -0.05) is 45.2 Å². The molecule has 4 rings (SSSR count). The van der Waals surface area contributed by atoms with Crippen molar-refractivity contribution in [3.8, 4) is 0 Å². The molecule has 0 aliphatic heterocycles. The summed E-state index contributed by atoms with van der Waals surface area (Å²) in [5, 5.41) is 0.764. The molecule has 32 heavy (non-hydrogen) atoms. The van der Waals surface area contributed by atoms with Gasteiger partial charge >= 0.3 is 0 Å². The van der Waals surface area contributed by atoms with Crippen LogP contribution in [0.5, 0.6) is 0 Å². The molecule has 4 nitrogen and oxygen atoms in total. The third kappa shape index (κ3) is 5.83. The summed E-state index contributed by atoms with van der Waals surface area (Å²) < 4.78 is 13.9. The van der Waals surface area contributed by atoms with Gasteiger partial charge < -0.3 is 15.2 Å². The van der Waals surface area contributed by atoms with E-state index in [2.05, 4.69) is 48.8 Å². The molecule has 184 valence electrons. The number of hydrogen-bond donors (Lipinski definition) is 1. The van der Waals surface area contributed by atoms with Gasteiger partial charge in [0.2, 0.25) is 0 Å². The molecular weight excluding hydrogens is 416 g/mol. The molecule has 0 spiro atoms. The van der Waals surface area contributed by atoms with E-state index in [0.29, 0.717) is 18.1 Å². The van der Waals surface area contributed by atoms with Crippen LogP contribution < -0.4 is 5.73 Å². The van der Waals surface area contributed by atoms with Gasteiger partial charge in [-0.05, 0) is 86.5 Å². The monoisotopic (exact) mass is 464 g/mol. The minimum absolute atomic E-state index is 0.454. The summed E-state index contributed by atoms with van der Waals surface area (Å²) in [6, 6.07) is 0.660. The summed E-state index contributed by atoms with van der Waals surface area (Å²) in [5.74, 6) is 3.27. The lowest BCUT2D eigenvalue weighted by Crippen LogP contribution is -2.44. The Balaban J connectivity index is 0.00000141. The molecule has 0 aromatic heterocycles. The van der Waals surface area contributed by atoms with Crippen LogP contribution in [-0.2, 0) is 9.47 Å². The van der Waals surface area contributed by atoms with Gasteiger partial charge in [-0.25, -0.2) is 4.31 Å². The smallest absolute Gasteiger partial charge is 0.0599 e. The lowest BCUT2D eigenvalue weighted by molar-refractivity contribution is 0.0269. The zero-order chi connectivity index (χ0) is 23.3. The normalized spacial score (nSPS) is 36.1. The van der Waals surface area contributed by atoms with Gasteiger partial charge in [0, 0.05) is 38.0 Å². The first-order valence-corrected chi connectivity index (χ1v) is 13.9. The quantitative estimate of drug-likeness (QED) is 0.412. The van der Waals surface area contributed by atoms with Gasteiger partial charge in [0.05, 0.1) is 12.7 Å². The molecule has 4 aliphatic rings. The molecule has 0 aromatic carbocycles. The second kappa shape index (κ2) is 12.4. The van der Waals surface area contributed by atoms with Crippen molar-refractivity contribution in [2.75, 3.05) is 34.4 Å². The van der Waals surface area contributed by atoms with Crippen molar-refractivity contribution in [2.45, 2.75) is 89.5 Å². The summed E-state index contributed by atoms with van der Waals surface area (Å²) >= 11 is 2.18. The van der Waals surface area contributed by atoms with Crippen molar-refractivity contribution < 1.29 is 9.47 Å². The number of ether oxygens (including phenoxy) is 2. The molecule has 0 bridgehead atoms. The molecule has 0 aromatic rings. The molecule has 0 amide bonds. The van der Waals surface area contributed by atoms with E-state index in [4.69, 9.17) is 9.47 Å². The van der Waals surface area contributed by atoms with E-state index < -0.39 is 0 Å². The van der Waals surface area contributed by atoms with E-state index in [1.54, 1.807) is 16.7 Å². The first-order valence-electron chi connectivity index (χ1n) is 13.0.